The van der Waals surface area contributed by atoms with Gasteiger partial charge in [-0.25, -0.2) is 0 Å². The number of para-hydroxylation sites is 1. The zero-order valence-corrected chi connectivity index (χ0v) is 12.0. The van der Waals surface area contributed by atoms with Crippen molar-refractivity contribution in [3.63, 3.8) is 0 Å². The van der Waals surface area contributed by atoms with E-state index in [9.17, 15) is 4.79 Å². The van der Waals surface area contributed by atoms with Crippen LogP contribution in [0.15, 0.2) is 36.5 Å². The van der Waals surface area contributed by atoms with E-state index in [2.05, 4.69) is 12.2 Å². The topological polar surface area (TPSA) is 60.1 Å². The maximum absolute atomic E-state index is 12.4. The van der Waals surface area contributed by atoms with Gasteiger partial charge in [0.25, 0.3) is 5.91 Å². The Morgan fingerprint density at radius 2 is 2.05 bits per heavy atom. The molecule has 106 valence electrons. The van der Waals surface area contributed by atoms with Crippen LogP contribution in [0, 0.1) is 0 Å². The van der Waals surface area contributed by atoms with Crippen LogP contribution in [0.3, 0.4) is 0 Å². The van der Waals surface area contributed by atoms with Crippen molar-refractivity contribution in [3.8, 4) is 0 Å². The van der Waals surface area contributed by atoms with E-state index in [1.807, 2.05) is 35.8 Å². The van der Waals surface area contributed by atoms with E-state index in [0.29, 0.717) is 11.4 Å². The number of aryl methyl sites for hydroxylation is 2. The Labute approximate surface area is 119 Å². The molecule has 0 aliphatic carbocycles. The maximum Gasteiger partial charge on any atom is 0.272 e. The normalized spacial score (nSPS) is 10.5. The summed E-state index contributed by atoms with van der Waals surface area (Å²) in [5.74, 6) is -0.118. The van der Waals surface area contributed by atoms with Crippen LogP contribution < -0.4 is 11.1 Å². The first-order valence-electron chi connectivity index (χ1n) is 7.00. The molecule has 1 aromatic carbocycles. The van der Waals surface area contributed by atoms with E-state index in [1.165, 1.54) is 0 Å². The molecule has 0 bridgehead atoms. The van der Waals surface area contributed by atoms with Crippen LogP contribution >= 0.6 is 0 Å². The Hall–Kier alpha value is -2.23. The molecule has 0 spiro atoms. The first-order valence-corrected chi connectivity index (χ1v) is 7.00. The number of carbonyl (C=O) groups excluding carboxylic acids is 1. The molecular weight excluding hydrogens is 250 g/mol. The summed E-state index contributed by atoms with van der Waals surface area (Å²) in [6.07, 6.45) is 3.78. The standard InChI is InChI=1S/C16H21N3O/c1-3-7-12-8-5-6-9-14(12)18-16(20)15-10-13(17)11-19(15)4-2/h5-6,8-11H,3-4,7,17H2,1-2H3,(H,18,20). The Morgan fingerprint density at radius 1 is 1.30 bits per heavy atom. The lowest BCUT2D eigenvalue weighted by atomic mass is 10.1. The highest BCUT2D eigenvalue weighted by atomic mass is 16.1. The summed E-state index contributed by atoms with van der Waals surface area (Å²) in [5, 5.41) is 2.98. The fourth-order valence-electron chi connectivity index (χ4n) is 2.30. The van der Waals surface area contributed by atoms with E-state index >= 15 is 0 Å². The minimum Gasteiger partial charge on any atom is -0.397 e. The third-order valence-corrected chi connectivity index (χ3v) is 3.28. The number of hydrogen-bond acceptors (Lipinski definition) is 2. The van der Waals surface area contributed by atoms with Gasteiger partial charge in [-0.1, -0.05) is 31.5 Å². The number of carbonyl (C=O) groups is 1. The first kappa shape index (κ1) is 14.2. The quantitative estimate of drug-likeness (QED) is 0.876. The molecule has 0 aliphatic heterocycles. The van der Waals surface area contributed by atoms with Crippen LogP contribution in [-0.4, -0.2) is 10.5 Å². The molecule has 20 heavy (non-hydrogen) atoms. The minimum absolute atomic E-state index is 0.118. The van der Waals surface area contributed by atoms with Gasteiger partial charge in [0.2, 0.25) is 0 Å². The third kappa shape index (κ3) is 3.02. The molecule has 0 atom stereocenters. The molecule has 1 heterocycles. The summed E-state index contributed by atoms with van der Waals surface area (Å²) in [6.45, 7) is 4.83. The number of nitrogens with one attached hydrogen (secondary N) is 1. The molecule has 4 heteroatoms. The Bertz CT molecular complexity index is 602. The molecule has 2 aromatic rings. The van der Waals surface area contributed by atoms with Crippen LogP contribution in [0.5, 0.6) is 0 Å². The number of hydrogen-bond donors (Lipinski definition) is 2. The molecule has 0 saturated heterocycles. The smallest absolute Gasteiger partial charge is 0.272 e. The van der Waals surface area contributed by atoms with Gasteiger partial charge in [0, 0.05) is 18.4 Å². The molecule has 1 aromatic heterocycles. The summed E-state index contributed by atoms with van der Waals surface area (Å²) >= 11 is 0. The average Bonchev–Trinajstić information content (AvgIpc) is 2.82. The number of amides is 1. The van der Waals surface area contributed by atoms with Gasteiger partial charge >= 0.3 is 0 Å². The van der Waals surface area contributed by atoms with E-state index in [-0.39, 0.29) is 5.91 Å². The maximum atomic E-state index is 12.4. The summed E-state index contributed by atoms with van der Waals surface area (Å²) in [6, 6.07) is 9.62. The monoisotopic (exact) mass is 271 g/mol. The van der Waals surface area contributed by atoms with Gasteiger partial charge in [0.1, 0.15) is 5.69 Å². The number of rotatable bonds is 5. The predicted molar refractivity (Wildman–Crippen MR) is 82.9 cm³/mol. The molecule has 0 fully saturated rings. The van der Waals surface area contributed by atoms with E-state index < -0.39 is 0 Å². The van der Waals surface area contributed by atoms with Crippen molar-refractivity contribution in [2.45, 2.75) is 33.2 Å². The summed E-state index contributed by atoms with van der Waals surface area (Å²) < 4.78 is 1.85. The van der Waals surface area contributed by atoms with Crippen molar-refractivity contribution in [2.24, 2.45) is 0 Å². The fourth-order valence-corrected chi connectivity index (χ4v) is 2.30. The van der Waals surface area contributed by atoms with Gasteiger partial charge < -0.3 is 15.6 Å². The molecule has 4 nitrogen and oxygen atoms in total. The molecule has 1 amide bonds. The lowest BCUT2D eigenvalue weighted by Crippen LogP contribution is -2.17. The zero-order chi connectivity index (χ0) is 14.5. The van der Waals surface area contributed by atoms with Crippen LogP contribution in [0.2, 0.25) is 0 Å². The van der Waals surface area contributed by atoms with Crippen molar-refractivity contribution < 1.29 is 4.79 Å². The van der Waals surface area contributed by atoms with Crippen LogP contribution in [-0.2, 0) is 13.0 Å². The largest absolute Gasteiger partial charge is 0.397 e. The van der Waals surface area contributed by atoms with E-state index in [4.69, 9.17) is 5.73 Å². The molecule has 0 unspecified atom stereocenters. The van der Waals surface area contributed by atoms with Gasteiger partial charge in [-0.15, -0.1) is 0 Å². The Kier molecular flexibility index (Phi) is 4.45. The molecule has 0 aliphatic rings. The van der Waals surface area contributed by atoms with Crippen molar-refractivity contribution in [2.75, 3.05) is 11.1 Å². The number of anilines is 2. The molecule has 3 N–H and O–H groups in total. The Morgan fingerprint density at radius 3 is 2.75 bits per heavy atom. The predicted octanol–water partition coefficient (Wildman–Crippen LogP) is 3.30. The molecule has 0 saturated carbocycles. The second kappa shape index (κ2) is 6.28. The summed E-state index contributed by atoms with van der Waals surface area (Å²) in [7, 11) is 0. The SMILES string of the molecule is CCCc1ccccc1NC(=O)c1cc(N)cn1CC. The van der Waals surface area contributed by atoms with Crippen molar-refractivity contribution in [1.29, 1.82) is 0 Å². The van der Waals surface area contributed by atoms with Gasteiger partial charge in [-0.3, -0.25) is 4.79 Å². The number of nitrogen functional groups attached to an aromatic ring is 1. The van der Waals surface area contributed by atoms with Gasteiger partial charge in [-0.2, -0.15) is 0 Å². The van der Waals surface area contributed by atoms with Gasteiger partial charge in [0.15, 0.2) is 0 Å². The highest BCUT2D eigenvalue weighted by Gasteiger charge is 2.13. The van der Waals surface area contributed by atoms with Crippen molar-refractivity contribution in [3.05, 3.63) is 47.8 Å². The first-order chi connectivity index (χ1) is 9.65. The van der Waals surface area contributed by atoms with Gasteiger partial charge in [0.05, 0.1) is 5.69 Å². The van der Waals surface area contributed by atoms with Crippen LogP contribution in [0.1, 0.15) is 36.3 Å². The van der Waals surface area contributed by atoms with Gasteiger partial charge in [-0.05, 0) is 31.0 Å². The highest BCUT2D eigenvalue weighted by molar-refractivity contribution is 6.04. The van der Waals surface area contributed by atoms with Crippen LogP contribution in [0.4, 0.5) is 11.4 Å². The average molecular weight is 271 g/mol. The second-order valence-electron chi connectivity index (χ2n) is 4.81. The third-order valence-electron chi connectivity index (χ3n) is 3.28. The molecular formula is C16H21N3O. The lowest BCUT2D eigenvalue weighted by Gasteiger charge is -2.11. The van der Waals surface area contributed by atoms with E-state index in [0.717, 1.165) is 30.6 Å². The highest BCUT2D eigenvalue weighted by Crippen LogP contribution is 2.19. The molecule has 0 radical (unpaired) electrons. The summed E-state index contributed by atoms with van der Waals surface area (Å²) in [4.78, 5) is 12.4. The lowest BCUT2D eigenvalue weighted by molar-refractivity contribution is 0.101. The zero-order valence-electron chi connectivity index (χ0n) is 12.0. The minimum atomic E-state index is -0.118. The van der Waals surface area contributed by atoms with Crippen molar-refractivity contribution >= 4 is 17.3 Å². The van der Waals surface area contributed by atoms with Crippen molar-refractivity contribution in [1.82, 2.24) is 4.57 Å². The fraction of sp³-hybridized carbons (Fsp3) is 0.312. The van der Waals surface area contributed by atoms with Crippen LogP contribution in [0.25, 0.3) is 0 Å². The number of nitrogens with zero attached hydrogens (tertiary/aromatic N) is 1. The molecule has 2 rings (SSSR count). The number of nitrogens with two attached hydrogens (primary N) is 1. The summed E-state index contributed by atoms with van der Waals surface area (Å²) in [5.41, 5.74) is 9.00. The van der Waals surface area contributed by atoms with E-state index in [1.54, 1.807) is 12.3 Å². The number of aromatic nitrogens is 1. The second-order valence-corrected chi connectivity index (χ2v) is 4.81. The number of benzene rings is 1. The Balaban J connectivity index is 2.23.